The molecule has 37 heavy (non-hydrogen) atoms. The fourth-order valence-corrected chi connectivity index (χ4v) is 3.50. The lowest BCUT2D eigenvalue weighted by Crippen LogP contribution is -2.58. The largest absolute Gasteiger partial charge is 0.480 e. The highest BCUT2D eigenvalue weighted by atomic mass is 32.1. The number of carbonyl (C=O) groups excluding carboxylic acids is 3. The van der Waals surface area contributed by atoms with E-state index in [0.29, 0.717) is 38.0 Å². The molecule has 0 saturated carbocycles. The predicted molar refractivity (Wildman–Crippen MR) is 140 cm³/mol. The molecule has 0 saturated heterocycles. The van der Waals surface area contributed by atoms with Crippen molar-refractivity contribution < 1.29 is 24.3 Å². The van der Waals surface area contributed by atoms with E-state index in [0.717, 1.165) is 0 Å². The summed E-state index contributed by atoms with van der Waals surface area (Å²) in [5.41, 5.74) is 22.5. The van der Waals surface area contributed by atoms with Crippen molar-refractivity contribution in [2.24, 2.45) is 27.9 Å². The molecule has 1 rings (SSSR count). The van der Waals surface area contributed by atoms with E-state index in [4.69, 9.17) is 22.9 Å². The van der Waals surface area contributed by atoms with Crippen molar-refractivity contribution in [1.82, 2.24) is 25.9 Å². The summed E-state index contributed by atoms with van der Waals surface area (Å²) in [6.07, 6.45) is 4.96. The maximum atomic E-state index is 13.1. The number of imidazole rings is 1. The van der Waals surface area contributed by atoms with Gasteiger partial charge in [-0.05, 0) is 38.6 Å². The van der Waals surface area contributed by atoms with Gasteiger partial charge in [0.05, 0.1) is 12.4 Å². The number of thiol groups is 1. The lowest BCUT2D eigenvalue weighted by Gasteiger charge is -2.24. The number of aliphatic carboxylic acids is 1. The summed E-state index contributed by atoms with van der Waals surface area (Å²) in [5.74, 6) is -3.36. The summed E-state index contributed by atoms with van der Waals surface area (Å²) in [4.78, 5) is 60.5. The van der Waals surface area contributed by atoms with Gasteiger partial charge in [-0.25, -0.2) is 9.78 Å². The average Bonchev–Trinajstić information content (AvgIpc) is 3.36. The summed E-state index contributed by atoms with van der Waals surface area (Å²) < 4.78 is 0. The fourth-order valence-electron chi connectivity index (χ4n) is 3.24. The molecule has 0 aliphatic heterocycles. The second-order valence-electron chi connectivity index (χ2n) is 8.33. The molecule has 0 bridgehead atoms. The van der Waals surface area contributed by atoms with Crippen molar-refractivity contribution in [3.8, 4) is 0 Å². The second-order valence-corrected chi connectivity index (χ2v) is 8.69. The van der Waals surface area contributed by atoms with Crippen LogP contribution in [0.5, 0.6) is 0 Å². The molecule has 0 aliphatic rings. The van der Waals surface area contributed by atoms with Gasteiger partial charge >= 0.3 is 5.97 Å². The van der Waals surface area contributed by atoms with Crippen molar-refractivity contribution >= 4 is 42.3 Å². The van der Waals surface area contributed by atoms with E-state index >= 15 is 0 Å². The first-order chi connectivity index (χ1) is 17.6. The quantitative estimate of drug-likeness (QED) is 0.0387. The van der Waals surface area contributed by atoms with Gasteiger partial charge in [-0.15, -0.1) is 0 Å². The zero-order valence-corrected chi connectivity index (χ0v) is 21.5. The number of hydrogen-bond acceptors (Lipinski definition) is 9. The van der Waals surface area contributed by atoms with Gasteiger partial charge in [-0.2, -0.15) is 12.6 Å². The molecule has 1 heterocycles. The topological polar surface area (TPSA) is 270 Å². The Morgan fingerprint density at radius 2 is 1.65 bits per heavy atom. The van der Waals surface area contributed by atoms with Gasteiger partial charge in [0.15, 0.2) is 5.96 Å². The molecular formula is C21H38N10O5S. The third kappa shape index (κ3) is 12.4. The van der Waals surface area contributed by atoms with E-state index in [9.17, 15) is 24.3 Å². The van der Waals surface area contributed by atoms with Crippen LogP contribution in [-0.2, 0) is 25.6 Å². The molecule has 0 fully saturated rings. The molecule has 0 spiro atoms. The van der Waals surface area contributed by atoms with Gasteiger partial charge in [-0.3, -0.25) is 19.4 Å². The molecule has 208 valence electrons. The Balaban J connectivity index is 2.85. The Kier molecular flexibility index (Phi) is 14.7. The molecule has 4 unspecified atom stereocenters. The van der Waals surface area contributed by atoms with Crippen LogP contribution in [0.2, 0.25) is 0 Å². The maximum absolute atomic E-state index is 13.1. The van der Waals surface area contributed by atoms with Crippen LogP contribution in [0.1, 0.15) is 37.8 Å². The summed E-state index contributed by atoms with van der Waals surface area (Å²) in [6, 6.07) is -4.33. The molecule has 0 aliphatic carbocycles. The molecule has 1 aromatic rings. The third-order valence-electron chi connectivity index (χ3n) is 5.29. The van der Waals surface area contributed by atoms with Gasteiger partial charge in [0, 0.05) is 30.6 Å². The van der Waals surface area contributed by atoms with Crippen molar-refractivity contribution in [3.63, 3.8) is 0 Å². The van der Waals surface area contributed by atoms with Crippen molar-refractivity contribution in [1.29, 1.82) is 0 Å². The number of amides is 3. The summed E-state index contributed by atoms with van der Waals surface area (Å²) >= 11 is 4.12. The molecule has 13 N–H and O–H groups in total. The van der Waals surface area contributed by atoms with Crippen LogP contribution in [0.25, 0.3) is 0 Å². The van der Waals surface area contributed by atoms with E-state index in [2.05, 4.69) is 43.5 Å². The Bertz CT molecular complexity index is 894. The molecule has 15 nitrogen and oxygen atoms in total. The van der Waals surface area contributed by atoms with Crippen LogP contribution in [0.15, 0.2) is 17.5 Å². The molecule has 0 aromatic carbocycles. The first-order valence-corrected chi connectivity index (χ1v) is 12.4. The number of nitrogens with zero attached hydrogens (tertiary/aromatic N) is 2. The number of nitrogens with one attached hydrogen (secondary N) is 4. The molecule has 3 amide bonds. The maximum Gasteiger partial charge on any atom is 0.326 e. The monoisotopic (exact) mass is 542 g/mol. The minimum atomic E-state index is -1.20. The third-order valence-corrected chi connectivity index (χ3v) is 5.66. The molecule has 16 heteroatoms. The summed E-state index contributed by atoms with van der Waals surface area (Å²) in [6.45, 7) is 0.697. The number of carboxylic acids is 1. The molecule has 4 atom stereocenters. The van der Waals surface area contributed by atoms with Crippen LogP contribution in [0.4, 0.5) is 0 Å². The van der Waals surface area contributed by atoms with Crippen LogP contribution in [0, 0.1) is 0 Å². The zero-order chi connectivity index (χ0) is 27.8. The standard InChI is InChI=1S/C21H38N10O5S/c22-6-2-1-5-14(20(35)36)29-19(34)16(10-37)31-18(33)15(8-12-9-26-11-28-12)30-17(32)13(23)4-3-7-27-21(24)25/h9,11,13-16,37H,1-8,10,22-23H2,(H,26,28)(H,29,34)(H,30,32)(H,31,33)(H,35,36)(H4,24,25,27). The Hall–Kier alpha value is -3.37. The Morgan fingerprint density at radius 3 is 2.22 bits per heavy atom. The number of unbranched alkanes of at least 4 members (excludes halogenated alkanes) is 1. The normalized spacial score (nSPS) is 14.0. The van der Waals surface area contributed by atoms with Gasteiger partial charge in [0.2, 0.25) is 17.7 Å². The zero-order valence-electron chi connectivity index (χ0n) is 20.6. The minimum absolute atomic E-state index is 0.0377. The number of aromatic nitrogens is 2. The highest BCUT2D eigenvalue weighted by molar-refractivity contribution is 7.80. The van der Waals surface area contributed by atoms with E-state index < -0.39 is 47.9 Å². The first kappa shape index (κ1) is 31.7. The number of rotatable bonds is 18. The lowest BCUT2D eigenvalue weighted by atomic mass is 10.1. The van der Waals surface area contributed by atoms with Gasteiger partial charge < -0.3 is 49.0 Å². The number of carboxylic acid groups (broad SMARTS) is 1. The first-order valence-electron chi connectivity index (χ1n) is 11.8. The van der Waals surface area contributed by atoms with Crippen molar-refractivity contribution in [3.05, 3.63) is 18.2 Å². The van der Waals surface area contributed by atoms with E-state index in [1.807, 2.05) is 0 Å². The molecular weight excluding hydrogens is 504 g/mol. The number of aromatic amines is 1. The van der Waals surface area contributed by atoms with E-state index in [-0.39, 0.29) is 31.0 Å². The van der Waals surface area contributed by atoms with Crippen molar-refractivity contribution in [2.75, 3.05) is 18.8 Å². The van der Waals surface area contributed by atoms with E-state index in [1.165, 1.54) is 12.5 Å². The smallest absolute Gasteiger partial charge is 0.326 e. The number of guanidine groups is 1. The highest BCUT2D eigenvalue weighted by Gasteiger charge is 2.30. The average molecular weight is 543 g/mol. The number of nitrogens with two attached hydrogens (primary N) is 4. The van der Waals surface area contributed by atoms with Gasteiger partial charge in [0.1, 0.15) is 18.1 Å². The van der Waals surface area contributed by atoms with Crippen LogP contribution < -0.4 is 38.9 Å². The highest BCUT2D eigenvalue weighted by Crippen LogP contribution is 2.05. The van der Waals surface area contributed by atoms with Crippen LogP contribution in [-0.4, -0.2) is 87.7 Å². The van der Waals surface area contributed by atoms with Crippen LogP contribution in [0.3, 0.4) is 0 Å². The number of aliphatic imine (C=N–C) groups is 1. The predicted octanol–water partition coefficient (Wildman–Crippen LogP) is -3.07. The molecule has 0 radical (unpaired) electrons. The minimum Gasteiger partial charge on any atom is -0.480 e. The van der Waals surface area contributed by atoms with Gasteiger partial charge in [0.25, 0.3) is 0 Å². The SMILES string of the molecule is NCCCCC(NC(=O)C(CS)NC(=O)C(Cc1cnc[nH]1)NC(=O)C(N)CCCN=C(N)N)C(=O)O. The van der Waals surface area contributed by atoms with E-state index in [1.54, 1.807) is 0 Å². The Morgan fingerprint density at radius 1 is 1.00 bits per heavy atom. The Labute approximate surface area is 220 Å². The van der Waals surface area contributed by atoms with Gasteiger partial charge in [-0.1, -0.05) is 0 Å². The number of carbonyl (C=O) groups is 4. The number of hydrogen-bond donors (Lipinski definition) is 10. The summed E-state index contributed by atoms with van der Waals surface area (Å²) in [5, 5.41) is 16.9. The number of H-pyrrole nitrogens is 1. The second kappa shape index (κ2) is 17.1. The molecule has 1 aromatic heterocycles. The summed E-state index contributed by atoms with van der Waals surface area (Å²) in [7, 11) is 0. The fraction of sp³-hybridized carbons (Fsp3) is 0.619. The van der Waals surface area contributed by atoms with Crippen LogP contribution >= 0.6 is 12.6 Å². The lowest BCUT2D eigenvalue weighted by molar-refractivity contribution is -0.142. The van der Waals surface area contributed by atoms with Crippen molar-refractivity contribution in [2.45, 2.75) is 62.7 Å².